The van der Waals surface area contributed by atoms with Gasteiger partial charge in [-0.15, -0.1) is 0 Å². The van der Waals surface area contributed by atoms with Crippen LogP contribution in [0, 0.1) is 0 Å². The Morgan fingerprint density at radius 2 is 1.57 bits per heavy atom. The highest BCUT2D eigenvalue weighted by Crippen LogP contribution is 2.52. The molecule has 0 saturated heterocycles. The molecule has 3 aromatic rings. The minimum Gasteiger partial charge on any atom is -0.508 e. The summed E-state index contributed by atoms with van der Waals surface area (Å²) >= 11 is 0. The maximum absolute atomic E-state index is 12.0. The summed E-state index contributed by atoms with van der Waals surface area (Å²) in [6.45, 7) is 1.21. The maximum Gasteiger partial charge on any atom is 0.167 e. The Labute approximate surface area is 172 Å². The van der Waals surface area contributed by atoms with Gasteiger partial charge in [0.25, 0.3) is 0 Å². The summed E-state index contributed by atoms with van der Waals surface area (Å²) in [7, 11) is 0. The van der Waals surface area contributed by atoms with Gasteiger partial charge >= 0.3 is 0 Å². The Morgan fingerprint density at radius 3 is 2.23 bits per heavy atom. The van der Waals surface area contributed by atoms with E-state index in [0.717, 1.165) is 11.6 Å². The van der Waals surface area contributed by atoms with Crippen LogP contribution in [0.3, 0.4) is 0 Å². The highest BCUT2D eigenvalue weighted by molar-refractivity contribution is 6.00. The number of ketones is 1. The molecule has 0 saturated carbocycles. The summed E-state index contributed by atoms with van der Waals surface area (Å²) in [4.78, 5) is 12.0. The summed E-state index contributed by atoms with van der Waals surface area (Å²) in [5.74, 6) is -2.03. The molecule has 0 radical (unpaired) electrons. The zero-order valence-corrected chi connectivity index (χ0v) is 16.0. The second-order valence-corrected chi connectivity index (χ2v) is 7.32. The quantitative estimate of drug-likeness (QED) is 0.413. The van der Waals surface area contributed by atoms with Crippen molar-refractivity contribution < 1.29 is 35.1 Å². The molecular weight excluding hydrogens is 388 g/mol. The number of benzene rings is 3. The summed E-state index contributed by atoms with van der Waals surface area (Å²) in [6.07, 6.45) is -0.218. The molecule has 7 nitrogen and oxygen atoms in total. The molecule has 2 atom stereocenters. The minimum absolute atomic E-state index is 0.0116. The first-order valence-electron chi connectivity index (χ1n) is 9.33. The number of phenols is 5. The van der Waals surface area contributed by atoms with Gasteiger partial charge in [-0.1, -0.05) is 18.2 Å². The van der Waals surface area contributed by atoms with Crippen molar-refractivity contribution in [1.82, 2.24) is 0 Å². The lowest BCUT2D eigenvalue weighted by Crippen LogP contribution is -2.20. The maximum atomic E-state index is 12.0. The molecule has 154 valence electrons. The minimum atomic E-state index is -0.591. The number of carbonyl (C=O) groups is 1. The van der Waals surface area contributed by atoms with Gasteiger partial charge in [0, 0.05) is 29.2 Å². The Morgan fingerprint density at radius 1 is 0.900 bits per heavy atom. The van der Waals surface area contributed by atoms with Gasteiger partial charge in [-0.05, 0) is 37.1 Å². The van der Waals surface area contributed by atoms with E-state index in [1.807, 2.05) is 0 Å². The molecule has 0 fully saturated rings. The van der Waals surface area contributed by atoms with E-state index in [1.54, 1.807) is 18.2 Å². The number of hydrogen-bond acceptors (Lipinski definition) is 7. The zero-order valence-electron chi connectivity index (χ0n) is 16.0. The molecule has 0 aliphatic carbocycles. The molecular formula is C23H20O7. The van der Waals surface area contributed by atoms with Crippen molar-refractivity contribution in [3.63, 3.8) is 0 Å². The molecule has 1 aliphatic heterocycles. The number of hydrogen-bond donors (Lipinski definition) is 5. The lowest BCUT2D eigenvalue weighted by molar-refractivity contribution is 0.101. The molecule has 2 unspecified atom stereocenters. The van der Waals surface area contributed by atoms with Crippen LogP contribution < -0.4 is 4.74 Å². The van der Waals surface area contributed by atoms with Crippen molar-refractivity contribution >= 4 is 5.78 Å². The van der Waals surface area contributed by atoms with Crippen LogP contribution in [-0.2, 0) is 0 Å². The number of aromatic hydroxyl groups is 5. The van der Waals surface area contributed by atoms with E-state index in [-0.39, 0.29) is 28.4 Å². The van der Waals surface area contributed by atoms with Gasteiger partial charge in [0.1, 0.15) is 46.2 Å². The van der Waals surface area contributed by atoms with E-state index in [1.165, 1.54) is 31.2 Å². The van der Waals surface area contributed by atoms with Gasteiger partial charge < -0.3 is 30.3 Å². The Kier molecular flexibility index (Phi) is 4.66. The number of ether oxygens (including phenoxy) is 1. The number of carbonyl (C=O) groups excluding carboxylic acids is 1. The van der Waals surface area contributed by atoms with Crippen LogP contribution in [-0.4, -0.2) is 31.3 Å². The monoisotopic (exact) mass is 408 g/mol. The first kappa shape index (κ1) is 19.4. The van der Waals surface area contributed by atoms with Crippen molar-refractivity contribution in [2.45, 2.75) is 25.4 Å². The fraction of sp³-hybridized carbons (Fsp3) is 0.174. The number of rotatable bonds is 3. The highest BCUT2D eigenvalue weighted by atomic mass is 16.5. The molecule has 3 aromatic carbocycles. The molecule has 30 heavy (non-hydrogen) atoms. The van der Waals surface area contributed by atoms with Gasteiger partial charge in [0.05, 0.1) is 0 Å². The van der Waals surface area contributed by atoms with Crippen LogP contribution in [0.1, 0.15) is 52.4 Å². The van der Waals surface area contributed by atoms with Crippen LogP contribution in [0.15, 0.2) is 48.5 Å². The summed E-state index contributed by atoms with van der Waals surface area (Å²) in [5.41, 5.74) is 1.18. The second kappa shape index (κ2) is 7.18. The normalized spacial score (nSPS) is 17.8. The van der Waals surface area contributed by atoms with Crippen molar-refractivity contribution in [3.05, 3.63) is 70.8 Å². The first-order valence-corrected chi connectivity index (χ1v) is 9.33. The van der Waals surface area contributed by atoms with E-state index in [4.69, 9.17) is 4.74 Å². The van der Waals surface area contributed by atoms with Gasteiger partial charge in [-0.25, -0.2) is 0 Å². The van der Waals surface area contributed by atoms with Gasteiger partial charge in [0.15, 0.2) is 5.78 Å². The molecule has 0 spiro atoms. The average Bonchev–Trinajstić information content (AvgIpc) is 2.67. The molecule has 1 heterocycles. The fourth-order valence-electron chi connectivity index (χ4n) is 3.97. The molecule has 0 aromatic heterocycles. The number of Topliss-reactive ketones (excluding diaryl/α,β-unsaturated/α-hetero) is 1. The fourth-order valence-corrected chi connectivity index (χ4v) is 3.97. The predicted molar refractivity (Wildman–Crippen MR) is 107 cm³/mol. The SMILES string of the molecule is CC(=O)c1c(O)cc(O)c(C2CC(c3ccc(O)cc3)Oc3cc(O)ccc32)c1O. The van der Waals surface area contributed by atoms with Crippen LogP contribution in [0.4, 0.5) is 0 Å². The van der Waals surface area contributed by atoms with Gasteiger partial charge in [0.2, 0.25) is 0 Å². The van der Waals surface area contributed by atoms with Crippen molar-refractivity contribution in [3.8, 4) is 34.5 Å². The van der Waals surface area contributed by atoms with E-state index in [0.29, 0.717) is 17.7 Å². The second-order valence-electron chi connectivity index (χ2n) is 7.32. The molecule has 1 aliphatic rings. The number of phenolic OH excluding ortho intramolecular Hbond substituents is 5. The largest absolute Gasteiger partial charge is 0.508 e. The Hall–Kier alpha value is -3.87. The third-order valence-electron chi connectivity index (χ3n) is 5.35. The van der Waals surface area contributed by atoms with Crippen LogP contribution >= 0.6 is 0 Å². The van der Waals surface area contributed by atoms with Crippen LogP contribution in [0.2, 0.25) is 0 Å². The van der Waals surface area contributed by atoms with E-state index in [2.05, 4.69) is 0 Å². The van der Waals surface area contributed by atoms with Gasteiger partial charge in [-0.3, -0.25) is 4.79 Å². The highest BCUT2D eigenvalue weighted by Gasteiger charge is 2.35. The molecule has 7 heteroatoms. The third-order valence-corrected chi connectivity index (χ3v) is 5.35. The molecule has 5 N–H and O–H groups in total. The van der Waals surface area contributed by atoms with Crippen molar-refractivity contribution in [2.24, 2.45) is 0 Å². The third kappa shape index (κ3) is 3.24. The lowest BCUT2D eigenvalue weighted by Gasteiger charge is -2.33. The van der Waals surface area contributed by atoms with Crippen molar-refractivity contribution in [1.29, 1.82) is 0 Å². The molecule has 4 rings (SSSR count). The average molecular weight is 408 g/mol. The summed E-state index contributed by atoms with van der Waals surface area (Å²) in [5, 5.41) is 50.8. The predicted octanol–water partition coefficient (Wildman–Crippen LogP) is 4.07. The summed E-state index contributed by atoms with van der Waals surface area (Å²) in [6, 6.07) is 12.0. The molecule has 0 amide bonds. The van der Waals surface area contributed by atoms with E-state index >= 15 is 0 Å². The van der Waals surface area contributed by atoms with Crippen LogP contribution in [0.25, 0.3) is 0 Å². The summed E-state index contributed by atoms with van der Waals surface area (Å²) < 4.78 is 6.05. The standard InChI is InChI=1S/C23H20O7/c1-11(24)21-17(27)10-18(28)22(23(21)29)16-9-19(12-2-4-13(25)5-3-12)30-20-8-14(26)6-7-15(16)20/h2-8,10,16,19,25-29H,9H2,1H3. The molecule has 0 bridgehead atoms. The van der Waals surface area contributed by atoms with Crippen LogP contribution in [0.5, 0.6) is 34.5 Å². The first-order chi connectivity index (χ1) is 14.3. The smallest absolute Gasteiger partial charge is 0.167 e. The zero-order chi connectivity index (χ0) is 21.6. The van der Waals surface area contributed by atoms with Crippen molar-refractivity contribution in [2.75, 3.05) is 0 Å². The van der Waals surface area contributed by atoms with Gasteiger partial charge in [-0.2, -0.15) is 0 Å². The van der Waals surface area contributed by atoms with E-state index in [9.17, 15) is 30.3 Å². The Bertz CT molecular complexity index is 1140. The topological polar surface area (TPSA) is 127 Å². The van der Waals surface area contributed by atoms with E-state index < -0.39 is 29.3 Å². The lowest BCUT2D eigenvalue weighted by atomic mass is 9.80. The number of fused-ring (bicyclic) bond motifs is 1. The Balaban J connectivity index is 1.89.